The highest BCUT2D eigenvalue weighted by atomic mass is 15.3. The summed E-state index contributed by atoms with van der Waals surface area (Å²) in [5.41, 5.74) is 7.79. The monoisotopic (exact) mass is 321 g/mol. The summed E-state index contributed by atoms with van der Waals surface area (Å²) in [5.74, 6) is 0.474. The van der Waals surface area contributed by atoms with Gasteiger partial charge in [-0.3, -0.25) is 4.99 Å². The molecule has 0 aromatic carbocycles. The molecule has 0 radical (unpaired) electrons. The first-order valence-electron chi connectivity index (χ1n) is 9.27. The van der Waals surface area contributed by atoms with Crippen LogP contribution in [0.25, 0.3) is 0 Å². The lowest BCUT2D eigenvalue weighted by Crippen LogP contribution is -2.54. The first-order valence-corrected chi connectivity index (χ1v) is 9.27. The zero-order valence-electron chi connectivity index (χ0n) is 15.4. The Kier molecular flexibility index (Phi) is 2.65. The number of dihydropyridines is 1. The minimum Gasteiger partial charge on any atom is -0.338 e. The average molecular weight is 321 g/mol. The molecule has 0 spiro atoms. The molecule has 3 heteroatoms. The zero-order chi connectivity index (χ0) is 16.9. The van der Waals surface area contributed by atoms with Gasteiger partial charge in [0.1, 0.15) is 0 Å². The van der Waals surface area contributed by atoms with Crippen molar-refractivity contribution in [1.82, 2.24) is 9.80 Å². The fourth-order valence-electron chi connectivity index (χ4n) is 5.89. The normalized spacial score (nSPS) is 43.2. The molecule has 4 aliphatic heterocycles. The van der Waals surface area contributed by atoms with Gasteiger partial charge in [0.15, 0.2) is 0 Å². The van der Waals surface area contributed by atoms with Crippen LogP contribution in [-0.2, 0) is 0 Å². The lowest BCUT2D eigenvalue weighted by molar-refractivity contribution is 0.252. The van der Waals surface area contributed by atoms with Gasteiger partial charge in [0.05, 0.1) is 11.6 Å². The predicted molar refractivity (Wildman–Crippen MR) is 98.9 cm³/mol. The Labute approximate surface area is 145 Å². The Balaban J connectivity index is 1.80. The van der Waals surface area contributed by atoms with Crippen LogP contribution in [0.5, 0.6) is 0 Å². The highest BCUT2D eigenvalue weighted by molar-refractivity contribution is 5.81. The number of allylic oxidation sites excluding steroid dienone is 2. The molecular formula is C21H27N3. The highest BCUT2D eigenvalue weighted by Crippen LogP contribution is 2.60. The second kappa shape index (κ2) is 4.32. The molecule has 0 fully saturated rings. The minimum absolute atomic E-state index is 0.0120. The lowest BCUT2D eigenvalue weighted by atomic mass is 9.59. The van der Waals surface area contributed by atoms with Crippen molar-refractivity contribution in [2.45, 2.75) is 45.7 Å². The molecule has 24 heavy (non-hydrogen) atoms. The van der Waals surface area contributed by atoms with Crippen LogP contribution < -0.4 is 0 Å². The van der Waals surface area contributed by atoms with E-state index in [9.17, 15) is 0 Å². The molecule has 5 aliphatic rings. The maximum Gasteiger partial charge on any atom is 0.0894 e. The second-order valence-corrected chi connectivity index (χ2v) is 8.61. The summed E-state index contributed by atoms with van der Waals surface area (Å²) in [7, 11) is 2.25. The Morgan fingerprint density at radius 3 is 2.83 bits per heavy atom. The van der Waals surface area contributed by atoms with E-state index in [-0.39, 0.29) is 11.0 Å². The molecule has 4 unspecified atom stereocenters. The third-order valence-corrected chi connectivity index (χ3v) is 6.94. The highest BCUT2D eigenvalue weighted by Gasteiger charge is 2.57. The Bertz CT molecular complexity index is 796. The summed E-state index contributed by atoms with van der Waals surface area (Å²) >= 11 is 0. The number of rotatable bonds is 0. The molecule has 0 aromatic rings. The third-order valence-electron chi connectivity index (χ3n) is 6.94. The van der Waals surface area contributed by atoms with Crippen LogP contribution in [0.1, 0.15) is 34.1 Å². The molecule has 4 atom stereocenters. The van der Waals surface area contributed by atoms with Crippen molar-refractivity contribution in [3.05, 3.63) is 46.3 Å². The van der Waals surface area contributed by atoms with Gasteiger partial charge in [0.25, 0.3) is 0 Å². The molecule has 0 bridgehead atoms. The van der Waals surface area contributed by atoms with E-state index in [1.807, 2.05) is 0 Å². The number of hydrogen-bond acceptors (Lipinski definition) is 3. The van der Waals surface area contributed by atoms with Crippen molar-refractivity contribution in [3.8, 4) is 0 Å². The molecule has 1 aliphatic carbocycles. The molecule has 126 valence electrons. The molecule has 0 saturated carbocycles. The minimum atomic E-state index is -0.0403. The van der Waals surface area contributed by atoms with Crippen molar-refractivity contribution >= 4 is 6.21 Å². The van der Waals surface area contributed by atoms with Crippen LogP contribution in [0.2, 0.25) is 0 Å². The van der Waals surface area contributed by atoms with Crippen LogP contribution in [0.15, 0.2) is 51.3 Å². The first kappa shape index (κ1) is 14.7. The van der Waals surface area contributed by atoms with Crippen LogP contribution >= 0.6 is 0 Å². The summed E-state index contributed by atoms with van der Waals surface area (Å²) in [6.45, 7) is 11.7. The largest absolute Gasteiger partial charge is 0.338 e. The lowest BCUT2D eigenvalue weighted by Gasteiger charge is -2.53. The van der Waals surface area contributed by atoms with E-state index in [1.54, 1.807) is 28.0 Å². The Morgan fingerprint density at radius 1 is 1.25 bits per heavy atom. The second-order valence-electron chi connectivity index (χ2n) is 8.61. The SMILES string of the molecule is CC1C=C2C3=C(CCN(C)C3)N3C=CC4(C)C=NC(C)C1=C4C23C. The van der Waals surface area contributed by atoms with E-state index in [1.165, 1.54) is 0 Å². The quantitative estimate of drug-likeness (QED) is 0.636. The van der Waals surface area contributed by atoms with Gasteiger partial charge in [-0.1, -0.05) is 19.1 Å². The van der Waals surface area contributed by atoms with Crippen LogP contribution in [0.3, 0.4) is 0 Å². The van der Waals surface area contributed by atoms with E-state index in [0.717, 1.165) is 19.5 Å². The Morgan fingerprint density at radius 2 is 2.04 bits per heavy atom. The fourth-order valence-corrected chi connectivity index (χ4v) is 5.89. The number of nitrogens with zero attached hydrogens (tertiary/aromatic N) is 3. The van der Waals surface area contributed by atoms with Crippen molar-refractivity contribution in [2.75, 3.05) is 20.1 Å². The van der Waals surface area contributed by atoms with Crippen molar-refractivity contribution in [2.24, 2.45) is 16.3 Å². The standard InChI is InChI=1S/C21H27N3/c1-13-10-16-15-11-23(5)8-6-17(15)24-9-7-20(3)12-22-14(2)18(13)19(20)21(16,24)4/h7,9-10,12-14H,6,8,11H2,1-5H3. The maximum atomic E-state index is 4.86. The van der Waals surface area contributed by atoms with E-state index >= 15 is 0 Å². The average Bonchev–Trinajstić information content (AvgIpc) is 2.77. The number of fused-ring (bicyclic) bond motifs is 2. The van der Waals surface area contributed by atoms with Gasteiger partial charge in [-0.25, -0.2) is 0 Å². The molecule has 0 N–H and O–H groups in total. The van der Waals surface area contributed by atoms with E-state index in [0.29, 0.717) is 12.0 Å². The Hall–Kier alpha value is -1.61. The van der Waals surface area contributed by atoms with Gasteiger partial charge < -0.3 is 9.80 Å². The van der Waals surface area contributed by atoms with Gasteiger partial charge in [-0.2, -0.15) is 0 Å². The van der Waals surface area contributed by atoms with Crippen molar-refractivity contribution in [1.29, 1.82) is 0 Å². The van der Waals surface area contributed by atoms with E-state index in [4.69, 9.17) is 4.99 Å². The van der Waals surface area contributed by atoms with Gasteiger partial charge in [-0.05, 0) is 56.0 Å². The van der Waals surface area contributed by atoms with Gasteiger partial charge >= 0.3 is 0 Å². The third kappa shape index (κ3) is 1.50. The molecule has 3 nitrogen and oxygen atoms in total. The summed E-state index contributed by atoms with van der Waals surface area (Å²) in [6, 6.07) is 0.298. The van der Waals surface area contributed by atoms with Crippen LogP contribution in [0.4, 0.5) is 0 Å². The van der Waals surface area contributed by atoms with E-state index in [2.05, 4.69) is 69.1 Å². The van der Waals surface area contributed by atoms with Crippen molar-refractivity contribution in [3.63, 3.8) is 0 Å². The molecule has 0 saturated heterocycles. The summed E-state index contributed by atoms with van der Waals surface area (Å²) in [4.78, 5) is 9.91. The van der Waals surface area contributed by atoms with Gasteiger partial charge in [0.2, 0.25) is 0 Å². The molecule has 5 rings (SSSR count). The van der Waals surface area contributed by atoms with Crippen molar-refractivity contribution < 1.29 is 0 Å². The first-order chi connectivity index (χ1) is 11.4. The fraction of sp³-hybridized carbons (Fsp3) is 0.571. The topological polar surface area (TPSA) is 18.8 Å². The summed E-state index contributed by atoms with van der Waals surface area (Å²) < 4.78 is 0. The zero-order valence-corrected chi connectivity index (χ0v) is 15.4. The number of hydrogen-bond donors (Lipinski definition) is 0. The number of likely N-dealkylation sites (N-methyl/N-ethyl adjacent to an activating group) is 1. The molecular weight excluding hydrogens is 294 g/mol. The van der Waals surface area contributed by atoms with Crippen LogP contribution in [0, 0.1) is 11.3 Å². The molecule has 4 heterocycles. The maximum absolute atomic E-state index is 4.86. The van der Waals surface area contributed by atoms with Gasteiger partial charge in [-0.15, -0.1) is 0 Å². The van der Waals surface area contributed by atoms with E-state index < -0.39 is 0 Å². The predicted octanol–water partition coefficient (Wildman–Crippen LogP) is 3.53. The number of aliphatic imine (C=N–C) groups is 1. The summed E-state index contributed by atoms with van der Waals surface area (Å²) in [6.07, 6.45) is 10.6. The smallest absolute Gasteiger partial charge is 0.0894 e. The van der Waals surface area contributed by atoms with Gasteiger partial charge in [0, 0.05) is 43.0 Å². The van der Waals surface area contributed by atoms with Crippen LogP contribution in [-0.4, -0.2) is 47.7 Å². The summed E-state index contributed by atoms with van der Waals surface area (Å²) in [5, 5.41) is 0. The molecule has 0 amide bonds. The molecule has 0 aromatic heterocycles.